The van der Waals surface area contributed by atoms with E-state index in [0.717, 1.165) is 11.1 Å². The molecule has 0 atom stereocenters. The number of carbonyl (C=O) groups is 2. The van der Waals surface area contributed by atoms with E-state index in [4.69, 9.17) is 4.74 Å². The van der Waals surface area contributed by atoms with Gasteiger partial charge in [-0.25, -0.2) is 0 Å². The Labute approximate surface area is 123 Å². The highest BCUT2D eigenvalue weighted by molar-refractivity contribution is 6.09. The van der Waals surface area contributed by atoms with Crippen LogP contribution < -0.4 is 4.74 Å². The summed E-state index contributed by atoms with van der Waals surface area (Å²) in [6.45, 7) is 3.20. The van der Waals surface area contributed by atoms with Crippen LogP contribution in [0, 0.1) is 6.92 Å². The van der Waals surface area contributed by atoms with Gasteiger partial charge in [0.05, 0.1) is 5.56 Å². The van der Waals surface area contributed by atoms with Crippen molar-refractivity contribution in [2.24, 2.45) is 0 Å². The van der Waals surface area contributed by atoms with Crippen molar-refractivity contribution in [2.75, 3.05) is 0 Å². The van der Waals surface area contributed by atoms with Crippen LogP contribution in [-0.2, 0) is 4.79 Å². The third-order valence-corrected chi connectivity index (χ3v) is 2.88. The molecule has 2 aromatic rings. The molecule has 0 radical (unpaired) electrons. The first-order valence-electron chi connectivity index (χ1n) is 6.63. The highest BCUT2D eigenvalue weighted by atomic mass is 16.5. The zero-order chi connectivity index (χ0) is 15.2. The van der Waals surface area contributed by atoms with E-state index in [9.17, 15) is 9.59 Å². The lowest BCUT2D eigenvalue weighted by atomic mass is 10.1. The lowest BCUT2D eigenvalue weighted by molar-refractivity contribution is -0.131. The normalized spacial score (nSPS) is 10.6. The maximum Gasteiger partial charge on any atom is 0.308 e. The van der Waals surface area contributed by atoms with Crippen molar-refractivity contribution in [3.63, 3.8) is 0 Å². The Bertz CT molecular complexity index is 685. The SMILES string of the molecule is CC(=O)Oc1ccc(C)cc1C(=O)/C=C/c1ccccc1. The fraction of sp³-hybridized carbons (Fsp3) is 0.111. The molecular formula is C18H16O3. The zero-order valence-electron chi connectivity index (χ0n) is 12.0. The average molecular weight is 280 g/mol. The molecule has 0 aliphatic heterocycles. The van der Waals surface area contributed by atoms with Gasteiger partial charge in [-0.15, -0.1) is 0 Å². The second-order valence-corrected chi connectivity index (χ2v) is 4.70. The number of benzene rings is 2. The van der Waals surface area contributed by atoms with Gasteiger partial charge in [-0.1, -0.05) is 48.0 Å². The first-order chi connectivity index (χ1) is 10.1. The molecule has 0 aliphatic carbocycles. The zero-order valence-corrected chi connectivity index (χ0v) is 12.0. The molecule has 0 saturated heterocycles. The van der Waals surface area contributed by atoms with Gasteiger partial charge in [0, 0.05) is 6.92 Å². The maximum absolute atomic E-state index is 12.3. The average Bonchev–Trinajstić information content (AvgIpc) is 2.47. The van der Waals surface area contributed by atoms with Gasteiger partial charge in [0.25, 0.3) is 0 Å². The molecule has 2 rings (SSSR count). The molecule has 0 aliphatic rings. The van der Waals surface area contributed by atoms with Crippen molar-refractivity contribution in [1.29, 1.82) is 0 Å². The smallest absolute Gasteiger partial charge is 0.308 e. The van der Waals surface area contributed by atoms with E-state index in [0.29, 0.717) is 5.56 Å². The minimum Gasteiger partial charge on any atom is -0.426 e. The van der Waals surface area contributed by atoms with Gasteiger partial charge in [-0.3, -0.25) is 9.59 Å². The molecule has 3 heteroatoms. The van der Waals surface area contributed by atoms with Crippen molar-refractivity contribution in [3.8, 4) is 5.75 Å². The fourth-order valence-electron chi connectivity index (χ4n) is 1.91. The maximum atomic E-state index is 12.3. The van der Waals surface area contributed by atoms with Gasteiger partial charge < -0.3 is 4.74 Å². The molecule has 0 N–H and O–H groups in total. The number of rotatable bonds is 4. The number of ether oxygens (including phenoxy) is 1. The lowest BCUT2D eigenvalue weighted by Crippen LogP contribution is -2.06. The van der Waals surface area contributed by atoms with Crippen LogP contribution in [0.4, 0.5) is 0 Å². The molecule has 0 aromatic heterocycles. The Kier molecular flexibility index (Phi) is 4.67. The summed E-state index contributed by atoms with van der Waals surface area (Å²) in [5.74, 6) is -0.352. The monoisotopic (exact) mass is 280 g/mol. The first-order valence-corrected chi connectivity index (χ1v) is 6.63. The summed E-state index contributed by atoms with van der Waals surface area (Å²) >= 11 is 0. The second-order valence-electron chi connectivity index (χ2n) is 4.70. The number of aryl methyl sites for hydroxylation is 1. The largest absolute Gasteiger partial charge is 0.426 e. The van der Waals surface area contributed by atoms with Gasteiger partial charge in [0.1, 0.15) is 5.75 Å². The minimum atomic E-state index is -0.444. The highest BCUT2D eigenvalue weighted by Gasteiger charge is 2.12. The quantitative estimate of drug-likeness (QED) is 0.370. The molecule has 106 valence electrons. The summed E-state index contributed by atoms with van der Waals surface area (Å²) in [7, 11) is 0. The van der Waals surface area contributed by atoms with Crippen LogP contribution in [0.25, 0.3) is 6.08 Å². The lowest BCUT2D eigenvalue weighted by Gasteiger charge is -2.07. The van der Waals surface area contributed by atoms with Crippen molar-refractivity contribution < 1.29 is 14.3 Å². The van der Waals surface area contributed by atoms with Crippen LogP contribution in [0.3, 0.4) is 0 Å². The third-order valence-electron chi connectivity index (χ3n) is 2.88. The van der Waals surface area contributed by atoms with E-state index >= 15 is 0 Å². The van der Waals surface area contributed by atoms with Gasteiger partial charge >= 0.3 is 5.97 Å². The van der Waals surface area contributed by atoms with Gasteiger partial charge in [-0.2, -0.15) is 0 Å². The Hall–Kier alpha value is -2.68. The summed E-state index contributed by atoms with van der Waals surface area (Å²) in [5, 5.41) is 0. The van der Waals surface area contributed by atoms with Crippen LogP contribution in [0.1, 0.15) is 28.4 Å². The van der Waals surface area contributed by atoms with Crippen molar-refractivity contribution in [2.45, 2.75) is 13.8 Å². The van der Waals surface area contributed by atoms with Crippen molar-refractivity contribution in [3.05, 3.63) is 71.3 Å². The first kappa shape index (κ1) is 14.7. The summed E-state index contributed by atoms with van der Waals surface area (Å²) in [6, 6.07) is 14.7. The standard InChI is InChI=1S/C18H16O3/c1-13-8-11-18(21-14(2)19)16(12-13)17(20)10-9-15-6-4-3-5-7-15/h3-12H,1-2H3/b10-9+. The molecule has 3 nitrogen and oxygen atoms in total. The van der Waals surface area contributed by atoms with Crippen LogP contribution in [0.15, 0.2) is 54.6 Å². The molecular weight excluding hydrogens is 264 g/mol. The van der Waals surface area contributed by atoms with Crippen molar-refractivity contribution >= 4 is 17.8 Å². The highest BCUT2D eigenvalue weighted by Crippen LogP contribution is 2.21. The Balaban J connectivity index is 2.28. The predicted molar refractivity (Wildman–Crippen MR) is 82.3 cm³/mol. The van der Waals surface area contributed by atoms with Crippen molar-refractivity contribution in [1.82, 2.24) is 0 Å². The van der Waals surface area contributed by atoms with Crippen LogP contribution in [0.2, 0.25) is 0 Å². The molecule has 0 bridgehead atoms. The van der Waals surface area contributed by atoms with E-state index in [2.05, 4.69) is 0 Å². The minimum absolute atomic E-state index is 0.196. The third kappa shape index (κ3) is 4.14. The number of ketones is 1. The Morgan fingerprint density at radius 3 is 2.43 bits per heavy atom. The summed E-state index contributed by atoms with van der Waals surface area (Å²) in [6.07, 6.45) is 3.22. The topological polar surface area (TPSA) is 43.4 Å². The van der Waals surface area contributed by atoms with E-state index in [1.54, 1.807) is 24.3 Å². The van der Waals surface area contributed by atoms with E-state index in [-0.39, 0.29) is 11.5 Å². The fourth-order valence-corrected chi connectivity index (χ4v) is 1.91. The molecule has 0 saturated carbocycles. The van der Waals surface area contributed by atoms with E-state index < -0.39 is 5.97 Å². The molecule has 21 heavy (non-hydrogen) atoms. The molecule has 2 aromatic carbocycles. The molecule has 0 fully saturated rings. The van der Waals surface area contributed by atoms with Gasteiger partial charge in [0.15, 0.2) is 5.78 Å². The van der Waals surface area contributed by atoms with E-state index in [1.165, 1.54) is 13.0 Å². The van der Waals surface area contributed by atoms with Gasteiger partial charge in [-0.05, 0) is 30.7 Å². The summed E-state index contributed by atoms with van der Waals surface area (Å²) in [5.41, 5.74) is 2.26. The van der Waals surface area contributed by atoms with Crippen LogP contribution in [-0.4, -0.2) is 11.8 Å². The summed E-state index contributed by atoms with van der Waals surface area (Å²) < 4.78 is 5.08. The molecule has 0 amide bonds. The number of allylic oxidation sites excluding steroid dienone is 1. The second kappa shape index (κ2) is 6.66. The Morgan fingerprint density at radius 1 is 1.05 bits per heavy atom. The number of carbonyl (C=O) groups excluding carboxylic acids is 2. The summed E-state index contributed by atoms with van der Waals surface area (Å²) in [4.78, 5) is 23.4. The Morgan fingerprint density at radius 2 is 1.76 bits per heavy atom. The number of esters is 1. The van der Waals surface area contributed by atoms with Crippen LogP contribution in [0.5, 0.6) is 5.75 Å². The van der Waals surface area contributed by atoms with Crippen LogP contribution >= 0.6 is 0 Å². The molecule has 0 spiro atoms. The molecule has 0 heterocycles. The van der Waals surface area contributed by atoms with Gasteiger partial charge in [0.2, 0.25) is 0 Å². The predicted octanol–water partition coefficient (Wildman–Crippen LogP) is 3.82. The number of hydrogen-bond acceptors (Lipinski definition) is 3. The molecule has 0 unspecified atom stereocenters. The number of hydrogen-bond donors (Lipinski definition) is 0. The van der Waals surface area contributed by atoms with E-state index in [1.807, 2.05) is 37.3 Å².